The molecule has 18 heavy (non-hydrogen) atoms. The lowest BCUT2D eigenvalue weighted by molar-refractivity contribution is 0.172. The van der Waals surface area contributed by atoms with Crippen LogP contribution in [0.15, 0.2) is 0 Å². The predicted molar refractivity (Wildman–Crippen MR) is 74.3 cm³/mol. The van der Waals surface area contributed by atoms with E-state index in [1.54, 1.807) is 0 Å². The smallest absolute Gasteiger partial charge is 0.0866 e. The van der Waals surface area contributed by atoms with Crippen molar-refractivity contribution in [2.45, 2.75) is 44.9 Å². The van der Waals surface area contributed by atoms with Gasteiger partial charge in [0.05, 0.1) is 12.6 Å². The molecule has 2 fully saturated rings. The number of hydrogen-bond acceptors (Lipinski definition) is 3. The van der Waals surface area contributed by atoms with Gasteiger partial charge in [0, 0.05) is 6.54 Å². The number of rotatable bonds is 5. The van der Waals surface area contributed by atoms with Crippen molar-refractivity contribution in [1.82, 2.24) is 9.80 Å². The highest BCUT2D eigenvalue weighted by Crippen LogP contribution is 2.21. The van der Waals surface area contributed by atoms with Crippen molar-refractivity contribution >= 4 is 0 Å². The summed E-state index contributed by atoms with van der Waals surface area (Å²) in [7, 11) is 0. The Morgan fingerprint density at radius 1 is 1.00 bits per heavy atom. The first kappa shape index (κ1) is 13.8. The molecule has 0 aromatic heterocycles. The van der Waals surface area contributed by atoms with Gasteiger partial charge < -0.3 is 4.90 Å². The van der Waals surface area contributed by atoms with Crippen LogP contribution in [0.2, 0.25) is 0 Å². The normalized spacial score (nSPS) is 26.9. The zero-order valence-electron chi connectivity index (χ0n) is 11.6. The second kappa shape index (κ2) is 7.76. The van der Waals surface area contributed by atoms with Gasteiger partial charge in [-0.05, 0) is 70.6 Å². The summed E-state index contributed by atoms with van der Waals surface area (Å²) in [5, 5.41) is 8.75. The molecular weight excluding hydrogens is 222 g/mol. The van der Waals surface area contributed by atoms with Crippen LogP contribution >= 0.6 is 0 Å². The molecule has 0 radical (unpaired) electrons. The van der Waals surface area contributed by atoms with Crippen LogP contribution in [0.25, 0.3) is 0 Å². The Balaban J connectivity index is 1.59. The van der Waals surface area contributed by atoms with E-state index in [4.69, 9.17) is 5.26 Å². The third-order valence-electron chi connectivity index (χ3n) is 4.43. The maximum atomic E-state index is 8.75. The van der Waals surface area contributed by atoms with Crippen LogP contribution in [-0.4, -0.2) is 49.1 Å². The Kier molecular flexibility index (Phi) is 5.96. The Morgan fingerprint density at radius 2 is 1.78 bits per heavy atom. The van der Waals surface area contributed by atoms with Gasteiger partial charge in [-0.2, -0.15) is 5.26 Å². The molecular formula is C15H27N3. The Bertz CT molecular complexity index is 265. The van der Waals surface area contributed by atoms with E-state index in [1.807, 2.05) is 0 Å². The average molecular weight is 249 g/mol. The summed E-state index contributed by atoms with van der Waals surface area (Å²) < 4.78 is 0. The molecule has 1 atom stereocenters. The molecule has 0 saturated carbocycles. The first-order chi connectivity index (χ1) is 8.88. The van der Waals surface area contributed by atoms with Gasteiger partial charge in [0.1, 0.15) is 0 Å². The molecule has 3 heteroatoms. The summed E-state index contributed by atoms with van der Waals surface area (Å²) in [6.45, 7) is 6.87. The lowest BCUT2D eigenvalue weighted by atomic mass is 9.93. The van der Waals surface area contributed by atoms with Crippen molar-refractivity contribution in [1.29, 1.82) is 5.26 Å². The largest absolute Gasteiger partial charge is 0.303 e. The minimum Gasteiger partial charge on any atom is -0.303 e. The van der Waals surface area contributed by atoms with Gasteiger partial charge in [-0.15, -0.1) is 0 Å². The second-order valence-corrected chi connectivity index (χ2v) is 5.95. The van der Waals surface area contributed by atoms with Crippen LogP contribution in [0.3, 0.4) is 0 Å². The molecule has 0 aromatic rings. The molecule has 1 unspecified atom stereocenters. The van der Waals surface area contributed by atoms with Gasteiger partial charge in [-0.25, -0.2) is 0 Å². The Morgan fingerprint density at radius 3 is 2.56 bits per heavy atom. The molecule has 2 aliphatic heterocycles. The fourth-order valence-electron chi connectivity index (χ4n) is 3.42. The molecule has 0 amide bonds. The maximum absolute atomic E-state index is 8.75. The highest BCUT2D eigenvalue weighted by atomic mass is 15.1. The molecule has 0 N–H and O–H groups in total. The van der Waals surface area contributed by atoms with Crippen LogP contribution in [0.4, 0.5) is 0 Å². The predicted octanol–water partition coefficient (Wildman–Crippen LogP) is 2.49. The highest BCUT2D eigenvalue weighted by molar-refractivity contribution is 4.81. The lowest BCUT2D eigenvalue weighted by Crippen LogP contribution is -2.36. The van der Waals surface area contributed by atoms with Gasteiger partial charge in [0.25, 0.3) is 0 Å². The lowest BCUT2D eigenvalue weighted by Gasteiger charge is -2.32. The van der Waals surface area contributed by atoms with E-state index < -0.39 is 0 Å². The van der Waals surface area contributed by atoms with Crippen LogP contribution in [0.1, 0.15) is 44.9 Å². The molecule has 2 aliphatic rings. The first-order valence-corrected chi connectivity index (χ1v) is 7.70. The summed E-state index contributed by atoms with van der Waals surface area (Å²) in [6.07, 6.45) is 9.61. The quantitative estimate of drug-likeness (QED) is 0.701. The molecule has 0 aliphatic carbocycles. The molecule has 0 aromatic carbocycles. The van der Waals surface area contributed by atoms with Crippen LogP contribution in [0.5, 0.6) is 0 Å². The van der Waals surface area contributed by atoms with Gasteiger partial charge in [0.15, 0.2) is 0 Å². The molecule has 2 heterocycles. The number of nitriles is 1. The van der Waals surface area contributed by atoms with Crippen LogP contribution in [-0.2, 0) is 0 Å². The minimum atomic E-state index is 0.628. The average Bonchev–Trinajstić information content (AvgIpc) is 2.41. The van der Waals surface area contributed by atoms with Gasteiger partial charge in [-0.3, -0.25) is 4.90 Å². The van der Waals surface area contributed by atoms with Crippen molar-refractivity contribution in [3.05, 3.63) is 0 Å². The van der Waals surface area contributed by atoms with E-state index in [2.05, 4.69) is 15.9 Å². The topological polar surface area (TPSA) is 30.3 Å². The SMILES string of the molecule is N#CCN1CCCC(CCCN2CCCCC2)C1. The van der Waals surface area contributed by atoms with Crippen molar-refractivity contribution in [3.8, 4) is 6.07 Å². The number of hydrogen-bond donors (Lipinski definition) is 0. The minimum absolute atomic E-state index is 0.628. The second-order valence-electron chi connectivity index (χ2n) is 5.95. The summed E-state index contributed by atoms with van der Waals surface area (Å²) >= 11 is 0. The van der Waals surface area contributed by atoms with Crippen LogP contribution < -0.4 is 0 Å². The molecule has 0 spiro atoms. The van der Waals surface area contributed by atoms with E-state index in [9.17, 15) is 0 Å². The summed E-state index contributed by atoms with van der Waals surface area (Å²) in [6, 6.07) is 2.28. The number of piperidine rings is 2. The van der Waals surface area contributed by atoms with Crippen molar-refractivity contribution < 1.29 is 0 Å². The standard InChI is InChI=1S/C15H27N3/c16-8-13-18-12-5-7-15(14-18)6-4-11-17-9-2-1-3-10-17/h15H,1-7,9-14H2. The highest BCUT2D eigenvalue weighted by Gasteiger charge is 2.19. The fraction of sp³-hybridized carbons (Fsp3) is 0.933. The molecule has 2 rings (SSSR count). The van der Waals surface area contributed by atoms with Crippen molar-refractivity contribution in [3.63, 3.8) is 0 Å². The third-order valence-corrected chi connectivity index (χ3v) is 4.43. The van der Waals surface area contributed by atoms with Gasteiger partial charge in [0.2, 0.25) is 0 Å². The monoisotopic (exact) mass is 249 g/mol. The van der Waals surface area contributed by atoms with Crippen molar-refractivity contribution in [2.24, 2.45) is 5.92 Å². The molecule has 102 valence electrons. The summed E-state index contributed by atoms with van der Waals surface area (Å²) in [4.78, 5) is 4.97. The van der Waals surface area contributed by atoms with Gasteiger partial charge >= 0.3 is 0 Å². The zero-order chi connectivity index (χ0) is 12.6. The number of nitrogens with zero attached hydrogens (tertiary/aromatic N) is 3. The first-order valence-electron chi connectivity index (χ1n) is 7.70. The van der Waals surface area contributed by atoms with E-state index in [-0.39, 0.29) is 0 Å². The van der Waals surface area contributed by atoms with Gasteiger partial charge in [-0.1, -0.05) is 6.42 Å². The molecule has 2 saturated heterocycles. The summed E-state index contributed by atoms with van der Waals surface area (Å²) in [5.41, 5.74) is 0. The molecule has 0 bridgehead atoms. The van der Waals surface area contributed by atoms with E-state index in [1.165, 1.54) is 64.6 Å². The van der Waals surface area contributed by atoms with E-state index in [0.717, 1.165) is 19.0 Å². The van der Waals surface area contributed by atoms with Crippen LogP contribution in [0, 0.1) is 17.2 Å². The van der Waals surface area contributed by atoms with E-state index >= 15 is 0 Å². The fourth-order valence-corrected chi connectivity index (χ4v) is 3.42. The van der Waals surface area contributed by atoms with Crippen molar-refractivity contribution in [2.75, 3.05) is 39.3 Å². The summed E-state index contributed by atoms with van der Waals surface area (Å²) in [5.74, 6) is 0.844. The maximum Gasteiger partial charge on any atom is 0.0866 e. The Labute approximate surface area is 112 Å². The zero-order valence-corrected chi connectivity index (χ0v) is 11.6. The Hall–Kier alpha value is -0.590. The van der Waals surface area contributed by atoms with E-state index in [0.29, 0.717) is 6.54 Å². The molecule has 3 nitrogen and oxygen atoms in total. The number of likely N-dealkylation sites (tertiary alicyclic amines) is 2. The third kappa shape index (κ3) is 4.59.